The van der Waals surface area contributed by atoms with E-state index in [1.165, 1.54) is 17.2 Å². The molecule has 0 aliphatic carbocycles. The molecular formula is C32H36N4O5. The number of guanidine groups is 1. The highest BCUT2D eigenvalue weighted by Crippen LogP contribution is 2.36. The summed E-state index contributed by atoms with van der Waals surface area (Å²) in [5, 5.41) is 13.1. The van der Waals surface area contributed by atoms with Crippen LogP contribution in [0.4, 0.5) is 0 Å². The van der Waals surface area contributed by atoms with E-state index in [9.17, 15) is 14.7 Å². The molecule has 5 rings (SSSR count). The predicted octanol–water partition coefficient (Wildman–Crippen LogP) is 3.90. The molecule has 214 valence electrons. The molecule has 1 saturated heterocycles. The molecule has 0 bridgehead atoms. The molecule has 2 atom stereocenters. The fourth-order valence-corrected chi connectivity index (χ4v) is 5.53. The Morgan fingerprint density at radius 3 is 2.17 bits per heavy atom. The van der Waals surface area contributed by atoms with Crippen LogP contribution in [0.15, 0.2) is 83.9 Å². The van der Waals surface area contributed by atoms with Crippen molar-refractivity contribution < 1.29 is 24.2 Å². The molecule has 2 heterocycles. The molecule has 2 aliphatic rings. The van der Waals surface area contributed by atoms with Gasteiger partial charge in [0.15, 0.2) is 17.4 Å². The summed E-state index contributed by atoms with van der Waals surface area (Å²) in [6.45, 7) is 6.82. The summed E-state index contributed by atoms with van der Waals surface area (Å²) in [5.74, 6) is -1.56. The number of nitrogens with zero attached hydrogens (tertiary/aromatic N) is 3. The van der Waals surface area contributed by atoms with E-state index in [4.69, 9.17) is 14.5 Å². The third-order valence-corrected chi connectivity index (χ3v) is 7.47. The first-order chi connectivity index (χ1) is 20.0. The van der Waals surface area contributed by atoms with Crippen LogP contribution >= 0.6 is 0 Å². The maximum Gasteiger partial charge on any atom is 0.321 e. The summed E-state index contributed by atoms with van der Waals surface area (Å²) < 4.78 is 10.8. The molecule has 1 fully saturated rings. The van der Waals surface area contributed by atoms with Crippen LogP contribution in [0.2, 0.25) is 0 Å². The van der Waals surface area contributed by atoms with Gasteiger partial charge >= 0.3 is 5.97 Å². The van der Waals surface area contributed by atoms with Gasteiger partial charge in [0.2, 0.25) is 11.9 Å². The third kappa shape index (κ3) is 6.20. The molecule has 2 aliphatic heterocycles. The number of aliphatic imine (C=N–C) groups is 1. The molecule has 9 nitrogen and oxygen atoms in total. The first-order valence-electron chi connectivity index (χ1n) is 14.1. The number of hydrogen-bond donors (Lipinski definition) is 2. The fraction of sp³-hybridized carbons (Fsp3) is 0.344. The number of phenols is 1. The van der Waals surface area contributed by atoms with Gasteiger partial charge in [-0.1, -0.05) is 66.7 Å². The van der Waals surface area contributed by atoms with Crippen molar-refractivity contribution in [2.24, 2.45) is 10.9 Å². The molecule has 2 N–H and O–H groups in total. The van der Waals surface area contributed by atoms with Crippen LogP contribution in [0.3, 0.4) is 0 Å². The van der Waals surface area contributed by atoms with E-state index in [1.807, 2.05) is 19.1 Å². The second-order valence-electron chi connectivity index (χ2n) is 10.0. The van der Waals surface area contributed by atoms with Crippen LogP contribution in [0, 0.1) is 5.92 Å². The van der Waals surface area contributed by atoms with Crippen LogP contribution < -0.4 is 10.1 Å². The second-order valence-corrected chi connectivity index (χ2v) is 10.0. The number of amides is 1. The smallest absolute Gasteiger partial charge is 0.321 e. The van der Waals surface area contributed by atoms with E-state index in [-0.39, 0.29) is 24.1 Å². The topological polar surface area (TPSA) is 104 Å². The highest BCUT2D eigenvalue weighted by molar-refractivity contribution is 6.08. The zero-order valence-corrected chi connectivity index (χ0v) is 23.4. The second kappa shape index (κ2) is 12.9. The number of carbonyl (C=O) groups excluding carboxylic acids is 2. The van der Waals surface area contributed by atoms with Crippen molar-refractivity contribution in [1.29, 1.82) is 0 Å². The maximum absolute atomic E-state index is 13.4. The molecule has 0 aromatic heterocycles. The van der Waals surface area contributed by atoms with Crippen molar-refractivity contribution in [2.75, 3.05) is 39.4 Å². The van der Waals surface area contributed by atoms with E-state index >= 15 is 0 Å². The summed E-state index contributed by atoms with van der Waals surface area (Å²) in [7, 11) is 0. The fourth-order valence-electron chi connectivity index (χ4n) is 5.53. The summed E-state index contributed by atoms with van der Waals surface area (Å²) in [4.78, 5) is 35.6. The predicted molar refractivity (Wildman–Crippen MR) is 156 cm³/mol. The van der Waals surface area contributed by atoms with Gasteiger partial charge in [-0.05, 0) is 42.7 Å². The van der Waals surface area contributed by atoms with Gasteiger partial charge in [-0.3, -0.25) is 19.8 Å². The lowest BCUT2D eigenvalue weighted by Crippen LogP contribution is -2.57. The number of rotatable bonds is 8. The van der Waals surface area contributed by atoms with Crippen molar-refractivity contribution in [2.45, 2.75) is 25.9 Å². The van der Waals surface area contributed by atoms with E-state index < -0.39 is 23.8 Å². The molecule has 0 spiro atoms. The van der Waals surface area contributed by atoms with Crippen LogP contribution in [0.25, 0.3) is 0 Å². The minimum absolute atomic E-state index is 0.0183. The number of piperazine rings is 1. The first kappa shape index (κ1) is 28.2. The lowest BCUT2D eigenvalue weighted by Gasteiger charge is -2.42. The molecule has 1 amide bonds. The van der Waals surface area contributed by atoms with Gasteiger partial charge in [0.1, 0.15) is 6.04 Å². The van der Waals surface area contributed by atoms with Crippen LogP contribution in [-0.4, -0.2) is 72.1 Å². The largest absolute Gasteiger partial charge is 0.504 e. The minimum Gasteiger partial charge on any atom is -0.504 e. The maximum atomic E-state index is 13.4. The molecule has 9 heteroatoms. The SMILES string of the molecule is CCOC(=O)[C@H]1C(=O)NC(N2CCN(C(c3ccccc3)c3ccccc3)CC2)=N[C@H]1c1ccc(O)c(OCC)c1. The van der Waals surface area contributed by atoms with Gasteiger partial charge < -0.3 is 19.5 Å². The number of ether oxygens (including phenoxy) is 2. The Labute approximate surface area is 240 Å². The number of aromatic hydroxyl groups is 1. The lowest BCUT2D eigenvalue weighted by molar-refractivity contribution is -0.153. The van der Waals surface area contributed by atoms with Gasteiger partial charge in [-0.25, -0.2) is 4.99 Å². The summed E-state index contributed by atoms with van der Waals surface area (Å²) in [5.41, 5.74) is 3.04. The van der Waals surface area contributed by atoms with E-state index in [0.717, 1.165) is 13.1 Å². The molecule has 0 radical (unpaired) electrons. The normalized spacial score (nSPS) is 19.4. The minimum atomic E-state index is -1.15. The zero-order valence-electron chi connectivity index (χ0n) is 23.4. The van der Waals surface area contributed by atoms with Gasteiger partial charge in [-0.2, -0.15) is 0 Å². The molecule has 3 aromatic carbocycles. The summed E-state index contributed by atoms with van der Waals surface area (Å²) in [6, 6.07) is 25.0. The number of carbonyl (C=O) groups is 2. The standard InChI is InChI=1S/C32H36N4O5/c1-3-40-26-21-24(15-16-25(26)37)28-27(31(39)41-4-2)30(38)34-32(33-28)36-19-17-35(18-20-36)29(22-11-7-5-8-12-22)23-13-9-6-10-14-23/h5-16,21,27-29,37H,3-4,17-20H2,1-2H3,(H,33,34,38)/t27-,28+/m1/s1. The average molecular weight is 557 g/mol. The third-order valence-electron chi connectivity index (χ3n) is 7.47. The van der Waals surface area contributed by atoms with Crippen molar-refractivity contribution in [3.05, 3.63) is 95.6 Å². The average Bonchev–Trinajstić information content (AvgIpc) is 3.00. The lowest BCUT2D eigenvalue weighted by atomic mass is 9.91. The number of nitrogens with one attached hydrogen (secondary N) is 1. The Morgan fingerprint density at radius 2 is 1.59 bits per heavy atom. The summed E-state index contributed by atoms with van der Waals surface area (Å²) in [6.07, 6.45) is 0. The van der Waals surface area contributed by atoms with E-state index in [1.54, 1.807) is 19.1 Å². The van der Waals surface area contributed by atoms with Gasteiger partial charge in [0.25, 0.3) is 0 Å². The Morgan fingerprint density at radius 1 is 0.951 bits per heavy atom. The number of phenolic OH excluding ortho intramolecular Hbond substituents is 1. The van der Waals surface area contributed by atoms with E-state index in [2.05, 4.69) is 63.6 Å². The Kier molecular flexibility index (Phi) is 8.84. The first-order valence-corrected chi connectivity index (χ1v) is 14.1. The molecule has 0 saturated carbocycles. The van der Waals surface area contributed by atoms with Crippen LogP contribution in [-0.2, 0) is 14.3 Å². The molecule has 0 unspecified atom stereocenters. The van der Waals surface area contributed by atoms with Gasteiger partial charge in [-0.15, -0.1) is 0 Å². The Balaban J connectivity index is 1.40. The van der Waals surface area contributed by atoms with Crippen molar-refractivity contribution in [1.82, 2.24) is 15.1 Å². The Hall–Kier alpha value is -4.37. The number of benzene rings is 3. The quantitative estimate of drug-likeness (QED) is 0.320. The molecule has 41 heavy (non-hydrogen) atoms. The van der Waals surface area contributed by atoms with Crippen molar-refractivity contribution in [3.63, 3.8) is 0 Å². The zero-order chi connectivity index (χ0) is 28.8. The van der Waals surface area contributed by atoms with Crippen LogP contribution in [0.1, 0.15) is 42.6 Å². The van der Waals surface area contributed by atoms with Crippen molar-refractivity contribution >= 4 is 17.8 Å². The number of esters is 1. The number of hydrogen-bond acceptors (Lipinski definition) is 8. The van der Waals surface area contributed by atoms with Crippen molar-refractivity contribution in [3.8, 4) is 11.5 Å². The van der Waals surface area contributed by atoms with E-state index in [0.29, 0.717) is 31.2 Å². The van der Waals surface area contributed by atoms with Gasteiger partial charge in [0.05, 0.1) is 19.3 Å². The highest BCUT2D eigenvalue weighted by Gasteiger charge is 2.42. The molecular weight excluding hydrogens is 520 g/mol. The van der Waals surface area contributed by atoms with Gasteiger partial charge in [0, 0.05) is 26.2 Å². The monoisotopic (exact) mass is 556 g/mol. The summed E-state index contributed by atoms with van der Waals surface area (Å²) >= 11 is 0. The van der Waals surface area contributed by atoms with Crippen LogP contribution in [0.5, 0.6) is 11.5 Å². The molecule has 3 aromatic rings. The Bertz CT molecular complexity index is 1330. The highest BCUT2D eigenvalue weighted by atomic mass is 16.5.